The third-order valence-corrected chi connectivity index (χ3v) is 9.67. The summed E-state index contributed by atoms with van der Waals surface area (Å²) in [5, 5.41) is 4.68. The van der Waals surface area contributed by atoms with Gasteiger partial charge in [0.15, 0.2) is 5.78 Å². The summed E-state index contributed by atoms with van der Waals surface area (Å²) < 4.78 is 11.4. The maximum Gasteiger partial charge on any atom is 0.333 e. The maximum atomic E-state index is 14.3. The Balaban J connectivity index is 1.26. The van der Waals surface area contributed by atoms with Gasteiger partial charge in [0.25, 0.3) is 5.91 Å². The highest BCUT2D eigenvalue weighted by Gasteiger charge is 2.35. The first-order valence-corrected chi connectivity index (χ1v) is 16.3. The van der Waals surface area contributed by atoms with Crippen molar-refractivity contribution in [2.75, 3.05) is 0 Å². The molecule has 12 heteroatoms. The molecule has 0 spiro atoms. The summed E-state index contributed by atoms with van der Waals surface area (Å²) in [4.78, 5) is 47.9. The van der Waals surface area contributed by atoms with Crippen LogP contribution in [-0.2, 0) is 19.5 Å². The summed E-state index contributed by atoms with van der Waals surface area (Å²) in [6.07, 6.45) is 5.93. The molecule has 0 saturated heterocycles. The van der Waals surface area contributed by atoms with Crippen LogP contribution in [0.2, 0.25) is 5.02 Å². The summed E-state index contributed by atoms with van der Waals surface area (Å²) >= 11 is 9.70. The molecule has 1 saturated carbocycles. The molecule has 2 aliphatic rings. The molecule has 46 heavy (non-hydrogen) atoms. The topological polar surface area (TPSA) is 104 Å². The molecule has 1 atom stereocenters. The van der Waals surface area contributed by atoms with Crippen LogP contribution in [0, 0.1) is 0 Å². The molecular formula is C34H30BrClN6O4. The minimum atomic E-state index is -0.317. The SMILES string of the molecule is C[C@@H]1Cn2c(c(C(=O)CCc3ccccc3-n3cncn3)n(-c3ccc(OC4CC4)cc3)c2=O)CN1C(=O)c1ccc(Br)c(Cl)c1. The molecule has 1 aliphatic heterocycles. The van der Waals surface area contributed by atoms with Gasteiger partial charge in [0, 0.05) is 29.0 Å². The third kappa shape index (κ3) is 5.80. The van der Waals surface area contributed by atoms with E-state index in [9.17, 15) is 14.4 Å². The first kappa shape index (κ1) is 30.2. The van der Waals surface area contributed by atoms with Crippen molar-refractivity contribution in [1.82, 2.24) is 28.8 Å². The van der Waals surface area contributed by atoms with Gasteiger partial charge in [0.2, 0.25) is 0 Å². The molecule has 10 nitrogen and oxygen atoms in total. The number of nitrogens with zero attached hydrogens (tertiary/aromatic N) is 6. The van der Waals surface area contributed by atoms with Gasteiger partial charge in [-0.3, -0.25) is 18.7 Å². The number of Topliss-reactive ketones (excluding diaryl/α,β-unsaturated/α-hetero) is 1. The van der Waals surface area contributed by atoms with E-state index in [0.29, 0.717) is 32.9 Å². The van der Waals surface area contributed by atoms with Gasteiger partial charge < -0.3 is 9.64 Å². The predicted octanol–water partition coefficient (Wildman–Crippen LogP) is 6.04. The maximum absolute atomic E-state index is 14.3. The molecule has 0 N–H and O–H groups in total. The molecule has 234 valence electrons. The Morgan fingerprint density at radius 3 is 2.57 bits per heavy atom. The number of hydrogen-bond acceptors (Lipinski definition) is 6. The molecule has 1 aliphatic carbocycles. The van der Waals surface area contributed by atoms with Crippen molar-refractivity contribution in [1.29, 1.82) is 0 Å². The largest absolute Gasteiger partial charge is 0.490 e. The van der Waals surface area contributed by atoms with E-state index in [0.717, 1.165) is 29.8 Å². The fourth-order valence-corrected chi connectivity index (χ4v) is 6.33. The molecule has 5 aromatic rings. The fourth-order valence-electron chi connectivity index (χ4n) is 5.91. The Labute approximate surface area is 278 Å². The normalized spacial score (nSPS) is 15.9. The number of carbonyl (C=O) groups is 2. The van der Waals surface area contributed by atoms with Crippen LogP contribution in [0.5, 0.6) is 5.75 Å². The average molecular weight is 702 g/mol. The number of hydrogen-bond donors (Lipinski definition) is 0. The summed E-state index contributed by atoms with van der Waals surface area (Å²) in [6, 6.07) is 19.7. The van der Waals surface area contributed by atoms with Crippen molar-refractivity contribution in [3.63, 3.8) is 0 Å². The summed E-state index contributed by atoms with van der Waals surface area (Å²) in [5.74, 6) is 0.292. The number of fused-ring (bicyclic) bond motifs is 1. The average Bonchev–Trinajstić information content (AvgIpc) is 3.61. The Hall–Kier alpha value is -4.48. The number of aromatic nitrogens is 5. The molecule has 2 aromatic heterocycles. The quantitative estimate of drug-likeness (QED) is 0.174. The van der Waals surface area contributed by atoms with Gasteiger partial charge in [-0.15, -0.1) is 0 Å². The number of ether oxygens (including phenoxy) is 1. The molecule has 3 heterocycles. The zero-order valence-electron chi connectivity index (χ0n) is 25.0. The second-order valence-electron chi connectivity index (χ2n) is 11.6. The molecule has 3 aromatic carbocycles. The Morgan fingerprint density at radius 1 is 1.07 bits per heavy atom. The molecule has 0 unspecified atom stereocenters. The van der Waals surface area contributed by atoms with Crippen LogP contribution in [0.3, 0.4) is 0 Å². The number of rotatable bonds is 9. The molecule has 0 radical (unpaired) electrons. The van der Waals surface area contributed by atoms with Crippen LogP contribution < -0.4 is 10.4 Å². The van der Waals surface area contributed by atoms with Crippen LogP contribution >= 0.6 is 27.5 Å². The second kappa shape index (κ2) is 12.4. The predicted molar refractivity (Wildman–Crippen MR) is 176 cm³/mol. The van der Waals surface area contributed by atoms with E-state index in [-0.39, 0.29) is 54.7 Å². The van der Waals surface area contributed by atoms with Crippen LogP contribution in [0.1, 0.15) is 58.3 Å². The van der Waals surface area contributed by atoms with Gasteiger partial charge in [-0.2, -0.15) is 5.10 Å². The van der Waals surface area contributed by atoms with E-state index >= 15 is 0 Å². The first-order chi connectivity index (χ1) is 22.3. The first-order valence-electron chi connectivity index (χ1n) is 15.1. The molecule has 1 amide bonds. The van der Waals surface area contributed by atoms with Gasteiger partial charge in [0.05, 0.1) is 34.7 Å². The molecule has 7 rings (SSSR count). The van der Waals surface area contributed by atoms with Crippen LogP contribution in [0.4, 0.5) is 0 Å². The third-order valence-electron chi connectivity index (χ3n) is 8.44. The second-order valence-corrected chi connectivity index (χ2v) is 12.9. The van der Waals surface area contributed by atoms with Crippen molar-refractivity contribution in [3.8, 4) is 17.1 Å². The number of imidazole rings is 1. The van der Waals surface area contributed by atoms with E-state index in [1.807, 2.05) is 43.3 Å². The smallest absolute Gasteiger partial charge is 0.333 e. The Kier molecular flexibility index (Phi) is 8.12. The highest BCUT2D eigenvalue weighted by atomic mass is 79.9. The van der Waals surface area contributed by atoms with E-state index in [2.05, 4.69) is 26.0 Å². The van der Waals surface area contributed by atoms with Crippen molar-refractivity contribution in [2.45, 2.75) is 57.8 Å². The minimum absolute atomic E-state index is 0.0927. The number of para-hydroxylation sites is 1. The van der Waals surface area contributed by atoms with Gasteiger partial charge in [-0.1, -0.05) is 29.8 Å². The number of ketones is 1. The highest BCUT2D eigenvalue weighted by Crippen LogP contribution is 2.30. The lowest BCUT2D eigenvalue weighted by Crippen LogP contribution is -2.46. The lowest BCUT2D eigenvalue weighted by molar-refractivity contribution is 0.0611. The van der Waals surface area contributed by atoms with Crippen LogP contribution in [-0.4, -0.2) is 52.6 Å². The highest BCUT2D eigenvalue weighted by molar-refractivity contribution is 9.10. The van der Waals surface area contributed by atoms with Crippen molar-refractivity contribution in [2.24, 2.45) is 0 Å². The van der Waals surface area contributed by atoms with Crippen LogP contribution in [0.25, 0.3) is 11.4 Å². The molecule has 1 fully saturated rings. The van der Waals surface area contributed by atoms with Gasteiger partial charge in [-0.25, -0.2) is 14.5 Å². The fraction of sp³-hybridized carbons (Fsp3) is 0.265. The standard InChI is InChI=1S/C34H30BrClN6O4/c1-21-17-40-30(18-39(21)33(44)23-6-14-27(35)28(36)16-23)32(42(34(40)45)24-8-10-25(11-9-24)46-26-12-13-26)31(43)15-7-22-4-2-3-5-29(22)41-20-37-19-38-41/h2-6,8-11,14,16,19-21,26H,7,12-13,15,17-18H2,1H3/t21-/m1/s1. The Bertz CT molecular complexity index is 2000. The lowest BCUT2D eigenvalue weighted by Gasteiger charge is -2.34. The van der Waals surface area contributed by atoms with Gasteiger partial charge in [-0.05, 0) is 96.2 Å². The number of carbonyl (C=O) groups excluding carboxylic acids is 2. The van der Waals surface area contributed by atoms with E-state index in [1.165, 1.54) is 10.9 Å². The number of benzene rings is 3. The number of amides is 1. The van der Waals surface area contributed by atoms with E-state index in [1.54, 1.807) is 50.8 Å². The van der Waals surface area contributed by atoms with Gasteiger partial charge in [0.1, 0.15) is 24.1 Å². The summed E-state index contributed by atoms with van der Waals surface area (Å²) in [6.45, 7) is 2.24. The summed E-state index contributed by atoms with van der Waals surface area (Å²) in [5.41, 5.74) is 3.20. The van der Waals surface area contributed by atoms with Crippen molar-refractivity contribution < 1.29 is 14.3 Å². The van der Waals surface area contributed by atoms with Crippen molar-refractivity contribution >= 4 is 39.2 Å². The van der Waals surface area contributed by atoms with E-state index < -0.39 is 0 Å². The zero-order chi connectivity index (χ0) is 31.9. The molecule has 0 bridgehead atoms. The van der Waals surface area contributed by atoms with E-state index in [4.69, 9.17) is 16.3 Å². The zero-order valence-corrected chi connectivity index (χ0v) is 27.3. The van der Waals surface area contributed by atoms with Crippen LogP contribution in [0.15, 0.2) is 88.7 Å². The monoisotopic (exact) mass is 700 g/mol. The van der Waals surface area contributed by atoms with Gasteiger partial charge >= 0.3 is 5.69 Å². The Morgan fingerprint density at radius 2 is 1.85 bits per heavy atom. The lowest BCUT2D eigenvalue weighted by atomic mass is 10.0. The number of aryl methyl sites for hydroxylation is 1. The molecular weight excluding hydrogens is 672 g/mol. The van der Waals surface area contributed by atoms with Crippen molar-refractivity contribution in [3.05, 3.63) is 122 Å². The number of halogens is 2. The minimum Gasteiger partial charge on any atom is -0.490 e. The summed E-state index contributed by atoms with van der Waals surface area (Å²) in [7, 11) is 0.